The van der Waals surface area contributed by atoms with Crippen LogP contribution in [-0.4, -0.2) is 33.0 Å². The highest BCUT2D eigenvalue weighted by Crippen LogP contribution is 2.31. The van der Waals surface area contributed by atoms with Gasteiger partial charge in [0.2, 0.25) is 0 Å². The van der Waals surface area contributed by atoms with Crippen molar-refractivity contribution in [2.45, 2.75) is 6.61 Å². The molecule has 0 saturated heterocycles. The molecule has 0 spiro atoms. The number of carbonyl (C=O) groups is 2. The topological polar surface area (TPSA) is 101 Å². The molecule has 1 heterocycles. The summed E-state index contributed by atoms with van der Waals surface area (Å²) in [6.45, 7) is -0.465. The number of ether oxygens (including phenoxy) is 4. The van der Waals surface area contributed by atoms with Crippen molar-refractivity contribution in [1.29, 1.82) is 0 Å². The van der Waals surface area contributed by atoms with E-state index in [0.29, 0.717) is 21.7 Å². The Kier molecular flexibility index (Phi) is 5.25. The van der Waals surface area contributed by atoms with Crippen LogP contribution in [0.5, 0.6) is 5.75 Å². The zero-order chi connectivity index (χ0) is 19.4. The molecular formula is C19H16O8. The molecule has 0 bridgehead atoms. The first kappa shape index (κ1) is 18.2. The Morgan fingerprint density at radius 1 is 1.04 bits per heavy atom. The third kappa shape index (κ3) is 3.84. The number of hydrogen-bond donors (Lipinski definition) is 0. The summed E-state index contributed by atoms with van der Waals surface area (Å²) in [4.78, 5) is 34.9. The number of hydrogen-bond acceptors (Lipinski definition) is 8. The predicted molar refractivity (Wildman–Crippen MR) is 94.7 cm³/mol. The monoisotopic (exact) mass is 372 g/mol. The van der Waals surface area contributed by atoms with Crippen LogP contribution < -0.4 is 10.4 Å². The second-order valence-electron chi connectivity index (χ2n) is 5.50. The van der Waals surface area contributed by atoms with Gasteiger partial charge in [0.1, 0.15) is 17.9 Å². The summed E-state index contributed by atoms with van der Waals surface area (Å²) in [5.74, 6) is -0.308. The van der Waals surface area contributed by atoms with E-state index in [-0.39, 0.29) is 24.5 Å². The van der Waals surface area contributed by atoms with Crippen LogP contribution in [0.4, 0.5) is 4.79 Å². The third-order valence-corrected chi connectivity index (χ3v) is 3.87. The lowest BCUT2D eigenvalue weighted by atomic mass is 10.0. The second kappa shape index (κ2) is 7.77. The zero-order valence-corrected chi connectivity index (χ0v) is 14.6. The van der Waals surface area contributed by atoms with Crippen LogP contribution in [0, 0.1) is 0 Å². The maximum atomic E-state index is 12.3. The van der Waals surface area contributed by atoms with Gasteiger partial charge >= 0.3 is 17.8 Å². The highest BCUT2D eigenvalue weighted by molar-refractivity contribution is 6.06. The smallest absolute Gasteiger partial charge is 0.482 e. The van der Waals surface area contributed by atoms with Gasteiger partial charge in [-0.1, -0.05) is 18.2 Å². The standard InChI is InChI=1S/C19H16O8/c1-23-16(20)10-25-12-7-11(9-26-19(22)24-2)17-13-5-3-4-6-14(13)18(21)27-15(17)8-12/h3-8H,9-10H2,1-2H3. The SMILES string of the molecule is COC(=O)COc1cc(COC(=O)OC)c2c(c1)oc(=O)c1ccccc12. The lowest BCUT2D eigenvalue weighted by Gasteiger charge is -2.12. The van der Waals surface area contributed by atoms with Crippen molar-refractivity contribution in [1.82, 2.24) is 0 Å². The van der Waals surface area contributed by atoms with Gasteiger partial charge in [-0.3, -0.25) is 0 Å². The third-order valence-electron chi connectivity index (χ3n) is 3.87. The molecule has 0 aliphatic carbocycles. The number of fused-ring (bicyclic) bond motifs is 3. The van der Waals surface area contributed by atoms with Gasteiger partial charge in [-0.2, -0.15) is 0 Å². The maximum Gasteiger partial charge on any atom is 0.508 e. The van der Waals surface area contributed by atoms with E-state index in [1.54, 1.807) is 30.3 Å². The number of esters is 1. The van der Waals surface area contributed by atoms with Crippen molar-refractivity contribution in [3.05, 3.63) is 52.4 Å². The van der Waals surface area contributed by atoms with Gasteiger partial charge in [0, 0.05) is 22.4 Å². The van der Waals surface area contributed by atoms with Gasteiger partial charge in [0.15, 0.2) is 6.61 Å². The van der Waals surface area contributed by atoms with E-state index in [0.717, 1.165) is 0 Å². The first-order chi connectivity index (χ1) is 13.0. The molecular weight excluding hydrogens is 356 g/mol. The summed E-state index contributed by atoms with van der Waals surface area (Å²) in [5.41, 5.74) is 0.255. The molecule has 8 nitrogen and oxygen atoms in total. The Morgan fingerprint density at radius 3 is 2.48 bits per heavy atom. The summed E-state index contributed by atoms with van der Waals surface area (Å²) in [6.07, 6.45) is -0.856. The highest BCUT2D eigenvalue weighted by Gasteiger charge is 2.15. The Labute approximate surface area is 153 Å². The van der Waals surface area contributed by atoms with E-state index >= 15 is 0 Å². The van der Waals surface area contributed by atoms with E-state index in [4.69, 9.17) is 13.9 Å². The van der Waals surface area contributed by atoms with E-state index in [1.807, 2.05) is 0 Å². The number of carbonyl (C=O) groups excluding carboxylic acids is 2. The number of rotatable bonds is 5. The molecule has 1 aromatic heterocycles. The van der Waals surface area contributed by atoms with Crippen molar-refractivity contribution in [2.24, 2.45) is 0 Å². The number of methoxy groups -OCH3 is 2. The van der Waals surface area contributed by atoms with Crippen molar-refractivity contribution >= 4 is 33.9 Å². The fraction of sp³-hybridized carbons (Fsp3) is 0.211. The van der Waals surface area contributed by atoms with Gasteiger partial charge in [-0.05, 0) is 12.1 Å². The molecule has 0 amide bonds. The summed E-state index contributed by atoms with van der Waals surface area (Å²) in [6, 6.07) is 10.0. The molecule has 3 aromatic rings. The Balaban J connectivity index is 2.15. The van der Waals surface area contributed by atoms with Gasteiger partial charge in [0.25, 0.3) is 0 Å². The van der Waals surface area contributed by atoms with Crippen molar-refractivity contribution in [3.8, 4) is 5.75 Å². The van der Waals surface area contributed by atoms with E-state index in [9.17, 15) is 14.4 Å². The fourth-order valence-corrected chi connectivity index (χ4v) is 2.66. The fourth-order valence-electron chi connectivity index (χ4n) is 2.66. The van der Waals surface area contributed by atoms with E-state index < -0.39 is 17.8 Å². The lowest BCUT2D eigenvalue weighted by molar-refractivity contribution is -0.142. The maximum absolute atomic E-state index is 12.3. The molecule has 8 heteroatoms. The molecule has 0 N–H and O–H groups in total. The van der Waals surface area contributed by atoms with Crippen molar-refractivity contribution < 1.29 is 33.0 Å². The predicted octanol–water partition coefficient (Wildman–Crippen LogP) is 2.78. The van der Waals surface area contributed by atoms with Crippen LogP contribution in [0.1, 0.15) is 5.56 Å². The Bertz CT molecular complexity index is 1070. The van der Waals surface area contributed by atoms with Crippen molar-refractivity contribution in [2.75, 3.05) is 20.8 Å². The van der Waals surface area contributed by atoms with E-state index in [1.165, 1.54) is 20.3 Å². The van der Waals surface area contributed by atoms with Gasteiger partial charge in [0.05, 0.1) is 19.6 Å². The minimum atomic E-state index is -0.856. The molecule has 140 valence electrons. The van der Waals surface area contributed by atoms with Crippen LogP contribution >= 0.6 is 0 Å². The van der Waals surface area contributed by atoms with E-state index in [2.05, 4.69) is 9.47 Å². The minimum absolute atomic E-state index is 0.143. The summed E-state index contributed by atoms with van der Waals surface area (Å²) in [5, 5.41) is 1.64. The van der Waals surface area contributed by atoms with Crippen molar-refractivity contribution in [3.63, 3.8) is 0 Å². The van der Waals surface area contributed by atoms with Crippen LogP contribution in [-0.2, 0) is 25.6 Å². The second-order valence-corrected chi connectivity index (χ2v) is 5.50. The Morgan fingerprint density at radius 2 is 1.78 bits per heavy atom. The molecule has 0 fully saturated rings. The Hall–Kier alpha value is -3.55. The summed E-state index contributed by atoms with van der Waals surface area (Å²) >= 11 is 0. The molecule has 0 saturated carbocycles. The average Bonchev–Trinajstić information content (AvgIpc) is 2.69. The largest absolute Gasteiger partial charge is 0.508 e. The molecule has 0 aliphatic rings. The summed E-state index contributed by atoms with van der Waals surface area (Å²) < 4.78 is 24.8. The highest BCUT2D eigenvalue weighted by atomic mass is 16.7. The van der Waals surface area contributed by atoms with Crippen LogP contribution in [0.2, 0.25) is 0 Å². The van der Waals surface area contributed by atoms with Crippen LogP contribution in [0.15, 0.2) is 45.6 Å². The van der Waals surface area contributed by atoms with Gasteiger partial charge in [-0.25, -0.2) is 14.4 Å². The normalized spacial score (nSPS) is 10.6. The molecule has 0 atom stereocenters. The molecule has 3 rings (SSSR count). The van der Waals surface area contributed by atoms with Gasteiger partial charge < -0.3 is 23.4 Å². The number of benzene rings is 2. The lowest BCUT2D eigenvalue weighted by Crippen LogP contribution is -2.13. The summed E-state index contributed by atoms with van der Waals surface area (Å²) in [7, 11) is 2.44. The molecule has 0 aliphatic heterocycles. The quantitative estimate of drug-likeness (QED) is 0.383. The first-order valence-electron chi connectivity index (χ1n) is 7.92. The average molecular weight is 372 g/mol. The zero-order valence-electron chi connectivity index (χ0n) is 14.6. The molecule has 0 unspecified atom stereocenters. The minimum Gasteiger partial charge on any atom is -0.482 e. The van der Waals surface area contributed by atoms with Crippen LogP contribution in [0.25, 0.3) is 21.7 Å². The van der Waals surface area contributed by atoms with Gasteiger partial charge in [-0.15, -0.1) is 0 Å². The molecule has 2 aromatic carbocycles. The molecule has 27 heavy (non-hydrogen) atoms. The molecule has 0 radical (unpaired) electrons. The van der Waals surface area contributed by atoms with Crippen LogP contribution in [0.3, 0.4) is 0 Å². The first-order valence-corrected chi connectivity index (χ1v) is 7.92.